The second-order valence-electron chi connectivity index (χ2n) is 3.97. The van der Waals surface area contributed by atoms with E-state index in [0.717, 1.165) is 10.7 Å². The third-order valence-corrected chi connectivity index (χ3v) is 3.78. The maximum atomic E-state index is 12.0. The summed E-state index contributed by atoms with van der Waals surface area (Å²) in [5.41, 5.74) is 1.41. The number of nitrogens with zero attached hydrogens (tertiary/aromatic N) is 3. The summed E-state index contributed by atoms with van der Waals surface area (Å²) in [6.07, 6.45) is 3.24. The first-order chi connectivity index (χ1) is 9.13. The number of rotatable bonds is 2. The van der Waals surface area contributed by atoms with Gasteiger partial charge in [-0.05, 0) is 19.1 Å². The molecule has 3 heterocycles. The van der Waals surface area contributed by atoms with Gasteiger partial charge in [0.2, 0.25) is 0 Å². The van der Waals surface area contributed by atoms with Gasteiger partial charge in [-0.25, -0.2) is 9.97 Å². The molecule has 0 unspecified atom stereocenters. The molecule has 0 spiro atoms. The molecule has 5 nitrogen and oxygen atoms in total. The van der Waals surface area contributed by atoms with Crippen molar-refractivity contribution in [2.24, 2.45) is 0 Å². The van der Waals surface area contributed by atoms with E-state index in [0.29, 0.717) is 16.5 Å². The van der Waals surface area contributed by atoms with E-state index in [2.05, 4.69) is 15.3 Å². The smallest absolute Gasteiger partial charge is 0.277 e. The highest BCUT2D eigenvalue weighted by molar-refractivity contribution is 7.15. The lowest BCUT2D eigenvalue weighted by atomic mass is 10.4. The summed E-state index contributed by atoms with van der Waals surface area (Å²) in [5, 5.41) is 5.17. The largest absolute Gasteiger partial charge is 0.305 e. The Kier molecular flexibility index (Phi) is 2.96. The van der Waals surface area contributed by atoms with Crippen molar-refractivity contribution in [2.45, 2.75) is 6.92 Å². The second-order valence-corrected chi connectivity index (χ2v) is 5.24. The molecule has 0 aromatic carbocycles. The van der Waals surface area contributed by atoms with Crippen molar-refractivity contribution < 1.29 is 4.79 Å². The first-order valence-corrected chi connectivity index (χ1v) is 6.75. The predicted molar refractivity (Wildman–Crippen MR) is 75.0 cm³/mol. The van der Waals surface area contributed by atoms with Crippen molar-refractivity contribution in [3.05, 3.63) is 46.3 Å². The van der Waals surface area contributed by atoms with Crippen LogP contribution in [0, 0.1) is 6.92 Å². The summed E-state index contributed by atoms with van der Waals surface area (Å²) >= 11 is 7.33. The van der Waals surface area contributed by atoms with Crippen LogP contribution in [-0.4, -0.2) is 20.3 Å². The summed E-state index contributed by atoms with van der Waals surface area (Å²) in [4.78, 5) is 21.1. The van der Waals surface area contributed by atoms with Crippen molar-refractivity contribution in [1.29, 1.82) is 0 Å². The number of fused-ring (bicyclic) bond motifs is 1. The number of carbonyl (C=O) groups is 1. The fourth-order valence-electron chi connectivity index (χ4n) is 1.66. The van der Waals surface area contributed by atoms with Crippen LogP contribution in [0.4, 0.5) is 5.82 Å². The molecule has 0 saturated carbocycles. The monoisotopic (exact) mass is 292 g/mol. The first-order valence-electron chi connectivity index (χ1n) is 5.49. The van der Waals surface area contributed by atoms with Crippen LogP contribution >= 0.6 is 22.9 Å². The van der Waals surface area contributed by atoms with Gasteiger partial charge in [-0.2, -0.15) is 0 Å². The average molecular weight is 293 g/mol. The molecule has 0 radical (unpaired) electrons. The number of aryl methyl sites for hydroxylation is 1. The normalized spacial score (nSPS) is 10.8. The molecule has 3 aromatic rings. The average Bonchev–Trinajstić information content (AvgIpc) is 2.92. The van der Waals surface area contributed by atoms with Gasteiger partial charge in [0.25, 0.3) is 5.91 Å². The highest BCUT2D eigenvalue weighted by atomic mass is 35.5. The molecule has 0 saturated heterocycles. The number of hydrogen-bond donors (Lipinski definition) is 1. The highest BCUT2D eigenvalue weighted by Gasteiger charge is 2.13. The zero-order chi connectivity index (χ0) is 13.4. The van der Waals surface area contributed by atoms with E-state index < -0.39 is 0 Å². The van der Waals surface area contributed by atoms with Crippen LogP contribution in [-0.2, 0) is 0 Å². The van der Waals surface area contributed by atoms with Gasteiger partial charge in [0.05, 0.1) is 0 Å². The molecule has 3 rings (SSSR count). The first kappa shape index (κ1) is 12.1. The lowest BCUT2D eigenvalue weighted by Crippen LogP contribution is -2.13. The number of carbonyl (C=O) groups excluding carboxylic acids is 1. The quantitative estimate of drug-likeness (QED) is 0.790. The number of imidazole rings is 1. The lowest BCUT2D eigenvalue weighted by Gasteiger charge is -2.01. The van der Waals surface area contributed by atoms with Gasteiger partial charge >= 0.3 is 0 Å². The van der Waals surface area contributed by atoms with E-state index in [1.54, 1.807) is 18.3 Å². The van der Waals surface area contributed by atoms with Gasteiger partial charge in [-0.15, -0.1) is 11.3 Å². The van der Waals surface area contributed by atoms with Crippen molar-refractivity contribution in [3.8, 4) is 0 Å². The van der Waals surface area contributed by atoms with Crippen molar-refractivity contribution >= 4 is 39.6 Å². The van der Waals surface area contributed by atoms with Crippen LogP contribution in [0.3, 0.4) is 0 Å². The zero-order valence-corrected chi connectivity index (χ0v) is 11.5. The minimum atomic E-state index is -0.301. The number of anilines is 1. The topological polar surface area (TPSA) is 59.3 Å². The summed E-state index contributed by atoms with van der Waals surface area (Å²) in [6.45, 7) is 1.96. The standard InChI is InChI=1S/C12H9ClN4OS/c1-7-6-19-12-15-9(5-17(7)12)11(18)16-10-4-8(13)2-3-14-10/h2-6H,1H3,(H,14,16,18). The van der Waals surface area contributed by atoms with Crippen molar-refractivity contribution in [3.63, 3.8) is 0 Å². The summed E-state index contributed by atoms with van der Waals surface area (Å²) in [5.74, 6) is 0.107. The summed E-state index contributed by atoms with van der Waals surface area (Å²) < 4.78 is 1.88. The van der Waals surface area contributed by atoms with E-state index in [1.807, 2.05) is 16.7 Å². The number of halogens is 1. The number of aromatic nitrogens is 3. The maximum Gasteiger partial charge on any atom is 0.277 e. The van der Waals surface area contributed by atoms with E-state index in [1.165, 1.54) is 17.5 Å². The fraction of sp³-hybridized carbons (Fsp3) is 0.0833. The number of amides is 1. The highest BCUT2D eigenvalue weighted by Crippen LogP contribution is 2.17. The Morgan fingerprint density at radius 2 is 2.37 bits per heavy atom. The number of thiazole rings is 1. The van der Waals surface area contributed by atoms with Crippen LogP contribution in [0.25, 0.3) is 4.96 Å². The van der Waals surface area contributed by atoms with Crippen molar-refractivity contribution in [2.75, 3.05) is 5.32 Å². The fourth-order valence-corrected chi connectivity index (χ4v) is 2.67. The molecule has 0 aliphatic heterocycles. The van der Waals surface area contributed by atoms with Gasteiger partial charge in [0.15, 0.2) is 4.96 Å². The van der Waals surface area contributed by atoms with Crippen LogP contribution in [0.5, 0.6) is 0 Å². The Bertz CT molecular complexity index is 764. The minimum absolute atomic E-state index is 0.301. The minimum Gasteiger partial charge on any atom is -0.305 e. The molecule has 96 valence electrons. The third kappa shape index (κ3) is 2.32. The third-order valence-electron chi connectivity index (χ3n) is 2.58. The SMILES string of the molecule is Cc1csc2nc(C(=O)Nc3cc(Cl)ccn3)cn12. The van der Waals surface area contributed by atoms with E-state index in [9.17, 15) is 4.79 Å². The van der Waals surface area contributed by atoms with Crippen molar-refractivity contribution in [1.82, 2.24) is 14.4 Å². The molecular formula is C12H9ClN4OS. The molecule has 1 amide bonds. The van der Waals surface area contributed by atoms with Crippen LogP contribution in [0.2, 0.25) is 5.02 Å². The van der Waals surface area contributed by atoms with Crippen LogP contribution in [0.1, 0.15) is 16.2 Å². The number of nitrogens with one attached hydrogen (secondary N) is 1. The Hall–Kier alpha value is -1.92. The molecule has 0 fully saturated rings. The Balaban J connectivity index is 1.87. The van der Waals surface area contributed by atoms with Gasteiger partial charge < -0.3 is 5.32 Å². The number of hydrogen-bond acceptors (Lipinski definition) is 4. The molecule has 7 heteroatoms. The van der Waals surface area contributed by atoms with E-state index in [4.69, 9.17) is 11.6 Å². The molecule has 0 aliphatic carbocycles. The van der Waals surface area contributed by atoms with E-state index in [-0.39, 0.29) is 5.91 Å². The predicted octanol–water partition coefficient (Wildman–Crippen LogP) is 3.00. The van der Waals surface area contributed by atoms with E-state index >= 15 is 0 Å². The summed E-state index contributed by atoms with van der Waals surface area (Å²) in [6, 6.07) is 3.23. The molecule has 3 aromatic heterocycles. The molecule has 19 heavy (non-hydrogen) atoms. The molecule has 0 atom stereocenters. The van der Waals surface area contributed by atoms with Crippen LogP contribution < -0.4 is 5.32 Å². The Morgan fingerprint density at radius 3 is 3.11 bits per heavy atom. The molecule has 0 bridgehead atoms. The van der Waals surface area contributed by atoms with Gasteiger partial charge in [0, 0.05) is 28.5 Å². The molecular weight excluding hydrogens is 284 g/mol. The van der Waals surface area contributed by atoms with Crippen LogP contribution in [0.15, 0.2) is 29.9 Å². The Morgan fingerprint density at radius 1 is 1.53 bits per heavy atom. The maximum absolute atomic E-state index is 12.0. The van der Waals surface area contributed by atoms with Gasteiger partial charge in [-0.1, -0.05) is 11.6 Å². The Labute approximate surface area is 117 Å². The van der Waals surface area contributed by atoms with Gasteiger partial charge in [0.1, 0.15) is 11.5 Å². The number of pyridine rings is 1. The molecule has 1 N–H and O–H groups in total. The van der Waals surface area contributed by atoms with Gasteiger partial charge in [-0.3, -0.25) is 9.20 Å². The molecule has 0 aliphatic rings. The second kappa shape index (κ2) is 4.64. The lowest BCUT2D eigenvalue weighted by molar-refractivity contribution is 0.102. The zero-order valence-electron chi connectivity index (χ0n) is 9.92. The summed E-state index contributed by atoms with van der Waals surface area (Å²) in [7, 11) is 0.